The maximum absolute atomic E-state index is 11.7. The molecule has 0 bridgehead atoms. The van der Waals surface area contributed by atoms with E-state index in [4.69, 9.17) is 4.84 Å². The van der Waals surface area contributed by atoms with Crippen LogP contribution in [0.1, 0.15) is 26.7 Å². The Morgan fingerprint density at radius 2 is 1.95 bits per heavy atom. The molecule has 0 heterocycles. The molecule has 110 valence electrons. The highest BCUT2D eigenvalue weighted by molar-refractivity contribution is 5.86. The van der Waals surface area contributed by atoms with E-state index in [0.29, 0.717) is 6.54 Å². The van der Waals surface area contributed by atoms with Crippen molar-refractivity contribution in [3.8, 4) is 0 Å². The van der Waals surface area contributed by atoms with Gasteiger partial charge >= 0.3 is 6.09 Å². The van der Waals surface area contributed by atoms with Crippen LogP contribution in [-0.4, -0.2) is 44.2 Å². The Bertz CT molecular complexity index is 309. The number of hydrogen-bond donors (Lipinski definition) is 3. The van der Waals surface area contributed by atoms with Gasteiger partial charge in [-0.1, -0.05) is 13.3 Å². The molecule has 1 unspecified atom stereocenters. The van der Waals surface area contributed by atoms with E-state index in [1.54, 1.807) is 0 Å². The van der Waals surface area contributed by atoms with Gasteiger partial charge in [-0.25, -0.2) is 4.79 Å². The van der Waals surface area contributed by atoms with E-state index in [1.165, 1.54) is 14.0 Å². The Labute approximate surface area is 112 Å². The molecule has 0 fully saturated rings. The van der Waals surface area contributed by atoms with Crippen molar-refractivity contribution in [1.29, 1.82) is 0 Å². The molecule has 1 atom stereocenters. The molecule has 3 N–H and O–H groups in total. The quantitative estimate of drug-likeness (QED) is 0.416. The lowest BCUT2D eigenvalue weighted by atomic mass is 10.2. The average molecular weight is 275 g/mol. The van der Waals surface area contributed by atoms with Gasteiger partial charge in [-0.05, 0) is 6.42 Å². The van der Waals surface area contributed by atoms with Gasteiger partial charge in [-0.15, -0.1) is 0 Å². The zero-order valence-electron chi connectivity index (χ0n) is 11.4. The SMILES string of the molecule is CCCCNC(=O)C(CONC(=O)OC)NC(C)=O. The van der Waals surface area contributed by atoms with E-state index in [9.17, 15) is 14.4 Å². The fraction of sp³-hybridized carbons (Fsp3) is 0.727. The molecule has 0 spiro atoms. The number of amides is 3. The van der Waals surface area contributed by atoms with Crippen molar-refractivity contribution in [2.24, 2.45) is 0 Å². The van der Waals surface area contributed by atoms with Crippen LogP contribution in [0.3, 0.4) is 0 Å². The second kappa shape index (κ2) is 10.1. The third-order valence-electron chi connectivity index (χ3n) is 2.11. The molecule has 19 heavy (non-hydrogen) atoms. The fourth-order valence-corrected chi connectivity index (χ4v) is 1.17. The predicted octanol–water partition coefficient (Wildman–Crippen LogP) is -0.305. The van der Waals surface area contributed by atoms with Crippen molar-refractivity contribution in [2.45, 2.75) is 32.7 Å². The van der Waals surface area contributed by atoms with Crippen molar-refractivity contribution in [1.82, 2.24) is 16.1 Å². The normalized spacial score (nSPS) is 11.3. The zero-order valence-corrected chi connectivity index (χ0v) is 11.4. The Morgan fingerprint density at radius 3 is 2.47 bits per heavy atom. The topological polar surface area (TPSA) is 106 Å². The van der Waals surface area contributed by atoms with Crippen molar-refractivity contribution in [3.05, 3.63) is 0 Å². The Morgan fingerprint density at radius 1 is 1.26 bits per heavy atom. The Balaban J connectivity index is 4.17. The van der Waals surface area contributed by atoms with Crippen LogP contribution < -0.4 is 16.1 Å². The van der Waals surface area contributed by atoms with Gasteiger partial charge in [0.2, 0.25) is 11.8 Å². The summed E-state index contributed by atoms with van der Waals surface area (Å²) in [5.41, 5.74) is 1.97. The molecular formula is C11H21N3O5. The van der Waals surface area contributed by atoms with Crippen molar-refractivity contribution in [3.63, 3.8) is 0 Å². The van der Waals surface area contributed by atoms with E-state index in [0.717, 1.165) is 12.8 Å². The minimum Gasteiger partial charge on any atom is -0.451 e. The van der Waals surface area contributed by atoms with E-state index in [-0.39, 0.29) is 18.4 Å². The number of rotatable bonds is 8. The van der Waals surface area contributed by atoms with Crippen LogP contribution in [0.4, 0.5) is 4.79 Å². The molecule has 0 aromatic rings. The molecule has 0 saturated heterocycles. The lowest BCUT2D eigenvalue weighted by Crippen LogP contribution is -2.50. The summed E-state index contributed by atoms with van der Waals surface area (Å²) < 4.78 is 4.29. The number of ether oxygens (including phenoxy) is 1. The summed E-state index contributed by atoms with van der Waals surface area (Å²) in [6.07, 6.45) is 1.01. The molecule has 0 aliphatic rings. The summed E-state index contributed by atoms with van der Waals surface area (Å²) in [6.45, 7) is 3.63. The van der Waals surface area contributed by atoms with Gasteiger partial charge in [0.15, 0.2) is 0 Å². The summed E-state index contributed by atoms with van der Waals surface area (Å²) in [7, 11) is 1.18. The van der Waals surface area contributed by atoms with E-state index < -0.39 is 12.1 Å². The van der Waals surface area contributed by atoms with E-state index >= 15 is 0 Å². The van der Waals surface area contributed by atoms with Gasteiger partial charge in [0, 0.05) is 13.5 Å². The van der Waals surface area contributed by atoms with Crippen LogP contribution >= 0.6 is 0 Å². The molecule has 0 saturated carbocycles. The van der Waals surface area contributed by atoms with Crippen LogP contribution in [0.25, 0.3) is 0 Å². The highest BCUT2D eigenvalue weighted by Crippen LogP contribution is 1.89. The molecule has 0 rings (SSSR count). The largest absolute Gasteiger partial charge is 0.451 e. The molecule has 0 radical (unpaired) electrons. The maximum atomic E-state index is 11.7. The molecule has 8 nitrogen and oxygen atoms in total. The number of unbranched alkanes of at least 4 members (excludes halogenated alkanes) is 1. The van der Waals surface area contributed by atoms with Gasteiger partial charge in [-0.3, -0.25) is 14.4 Å². The van der Waals surface area contributed by atoms with Crippen LogP contribution in [-0.2, 0) is 19.2 Å². The lowest BCUT2D eigenvalue weighted by Gasteiger charge is -2.17. The summed E-state index contributed by atoms with van der Waals surface area (Å²) in [4.78, 5) is 38.3. The van der Waals surface area contributed by atoms with Crippen molar-refractivity contribution >= 4 is 17.9 Å². The second-order valence-corrected chi connectivity index (χ2v) is 3.80. The smallest absolute Gasteiger partial charge is 0.431 e. The van der Waals surface area contributed by atoms with Gasteiger partial charge in [-0.2, -0.15) is 5.48 Å². The number of hydroxylamine groups is 1. The molecular weight excluding hydrogens is 254 g/mol. The number of methoxy groups -OCH3 is 1. The summed E-state index contributed by atoms with van der Waals surface area (Å²) in [6, 6.07) is -0.869. The van der Waals surface area contributed by atoms with Gasteiger partial charge in [0.25, 0.3) is 0 Å². The van der Waals surface area contributed by atoms with Crippen LogP contribution in [0.15, 0.2) is 0 Å². The van der Waals surface area contributed by atoms with Gasteiger partial charge in [0.05, 0.1) is 7.11 Å². The molecule has 0 aliphatic carbocycles. The highest BCUT2D eigenvalue weighted by atomic mass is 16.7. The minimum atomic E-state index is -0.869. The van der Waals surface area contributed by atoms with E-state index in [1.807, 2.05) is 12.4 Å². The number of carbonyl (C=O) groups is 3. The first-order valence-corrected chi connectivity index (χ1v) is 6.01. The molecule has 0 aromatic carbocycles. The first-order valence-electron chi connectivity index (χ1n) is 6.01. The molecule has 0 aromatic heterocycles. The van der Waals surface area contributed by atoms with Gasteiger partial charge in [0.1, 0.15) is 12.6 Å². The first-order chi connectivity index (χ1) is 9.01. The number of nitrogens with one attached hydrogen (secondary N) is 3. The summed E-state index contributed by atoms with van der Waals surface area (Å²) >= 11 is 0. The second-order valence-electron chi connectivity index (χ2n) is 3.80. The fourth-order valence-electron chi connectivity index (χ4n) is 1.17. The monoisotopic (exact) mass is 275 g/mol. The van der Waals surface area contributed by atoms with Crippen LogP contribution in [0, 0.1) is 0 Å². The minimum absolute atomic E-state index is 0.188. The highest BCUT2D eigenvalue weighted by Gasteiger charge is 2.19. The van der Waals surface area contributed by atoms with E-state index in [2.05, 4.69) is 15.4 Å². The molecule has 0 aliphatic heterocycles. The van der Waals surface area contributed by atoms with Crippen LogP contribution in [0.5, 0.6) is 0 Å². The molecule has 3 amide bonds. The predicted molar refractivity (Wildman–Crippen MR) is 67.0 cm³/mol. The third-order valence-corrected chi connectivity index (χ3v) is 2.11. The third kappa shape index (κ3) is 8.83. The van der Waals surface area contributed by atoms with Gasteiger partial charge < -0.3 is 15.4 Å². The summed E-state index contributed by atoms with van der Waals surface area (Å²) in [5.74, 6) is -0.729. The summed E-state index contributed by atoms with van der Waals surface area (Å²) in [5, 5.41) is 5.09. The lowest BCUT2D eigenvalue weighted by molar-refractivity contribution is -0.130. The van der Waals surface area contributed by atoms with Crippen molar-refractivity contribution < 1.29 is 24.0 Å². The van der Waals surface area contributed by atoms with Crippen LogP contribution in [0.2, 0.25) is 0 Å². The van der Waals surface area contributed by atoms with Crippen molar-refractivity contribution in [2.75, 3.05) is 20.3 Å². The zero-order chi connectivity index (χ0) is 14.7. The standard InChI is InChI=1S/C11H21N3O5/c1-4-5-6-12-10(16)9(13-8(2)15)7-19-14-11(17)18-3/h9H,4-7H2,1-3H3,(H,12,16)(H,13,15)(H,14,17). The number of hydrogen-bond acceptors (Lipinski definition) is 5. The number of carbonyl (C=O) groups excluding carboxylic acids is 3. The first kappa shape index (κ1) is 17.2. The Hall–Kier alpha value is -1.83. The molecule has 8 heteroatoms. The average Bonchev–Trinajstić information content (AvgIpc) is 2.37. The maximum Gasteiger partial charge on any atom is 0.431 e. The Kier molecular flexibility index (Phi) is 9.15.